The molecule has 2 atom stereocenters. The Morgan fingerprint density at radius 2 is 1.30 bits per heavy atom. The molecule has 0 aromatic carbocycles. The molecule has 0 spiro atoms. The summed E-state index contributed by atoms with van der Waals surface area (Å²) < 4.78 is 0. The summed E-state index contributed by atoms with van der Waals surface area (Å²) in [4.78, 5) is 0. The average Bonchev–Trinajstić information content (AvgIpc) is 2.53. The summed E-state index contributed by atoms with van der Waals surface area (Å²) >= 11 is 0. The third kappa shape index (κ3) is 10.7. The lowest BCUT2D eigenvalue weighted by molar-refractivity contribution is 0.834. The fraction of sp³-hybridized carbons (Fsp3) is 0.800. The van der Waals surface area contributed by atoms with Gasteiger partial charge in [-0.1, -0.05) is 33.8 Å². The Hall–Kier alpha value is -0.260. The molecule has 0 aliphatic heterocycles. The second-order valence-corrected chi connectivity index (χ2v) is 2.60. The molecule has 0 N–H and O–H groups in total. The average molecular weight is 142 g/mol. The molecule has 0 aromatic heterocycles. The quantitative estimate of drug-likeness (QED) is 0.450. The third-order valence-corrected chi connectivity index (χ3v) is 1.51. The Morgan fingerprint density at radius 3 is 1.30 bits per heavy atom. The van der Waals surface area contributed by atoms with E-state index in [2.05, 4.69) is 20.4 Å². The van der Waals surface area contributed by atoms with E-state index in [1.54, 1.807) is 6.08 Å². The third-order valence-electron chi connectivity index (χ3n) is 1.51. The van der Waals surface area contributed by atoms with Crippen LogP contribution in [0.3, 0.4) is 0 Å². The van der Waals surface area contributed by atoms with Crippen LogP contribution in [0.2, 0.25) is 0 Å². The molecule has 2 unspecified atom stereocenters. The predicted octanol–water partition coefficient (Wildman–Crippen LogP) is 3.88. The second-order valence-electron chi connectivity index (χ2n) is 2.60. The van der Waals surface area contributed by atoms with Crippen molar-refractivity contribution in [3.8, 4) is 0 Å². The summed E-state index contributed by atoms with van der Waals surface area (Å²) in [6.07, 6.45) is 3.22. The van der Waals surface area contributed by atoms with Crippen LogP contribution < -0.4 is 0 Å². The van der Waals surface area contributed by atoms with Gasteiger partial charge >= 0.3 is 0 Å². The van der Waals surface area contributed by atoms with Crippen LogP contribution in [0.4, 0.5) is 0 Å². The molecular formula is C10H22. The highest BCUT2D eigenvalue weighted by molar-refractivity contribution is 4.76. The van der Waals surface area contributed by atoms with Crippen molar-refractivity contribution in [3.05, 3.63) is 12.7 Å². The molecule has 0 bridgehead atoms. The van der Waals surface area contributed by atoms with Gasteiger partial charge in [0, 0.05) is 0 Å². The summed E-state index contributed by atoms with van der Waals surface area (Å²) in [5, 5.41) is 0. The van der Waals surface area contributed by atoms with E-state index in [0.717, 1.165) is 11.8 Å². The summed E-state index contributed by atoms with van der Waals surface area (Å²) in [5.74, 6) is 2.10. The largest absolute Gasteiger partial charge is 0.103 e. The Bertz CT molecular complexity index is 58.4. The molecule has 1 aliphatic rings. The molecule has 1 fully saturated rings. The summed E-state index contributed by atoms with van der Waals surface area (Å²) in [6.45, 7) is 13.8. The van der Waals surface area contributed by atoms with Crippen LogP contribution in [0.1, 0.15) is 41.0 Å². The molecule has 0 radical (unpaired) electrons. The van der Waals surface area contributed by atoms with Gasteiger partial charge < -0.3 is 0 Å². The van der Waals surface area contributed by atoms with Gasteiger partial charge in [0.25, 0.3) is 0 Å². The minimum atomic E-state index is 1.05. The minimum Gasteiger partial charge on any atom is -0.103 e. The Morgan fingerprint density at radius 1 is 1.20 bits per heavy atom. The molecule has 0 nitrogen and oxygen atoms in total. The molecule has 0 aromatic rings. The smallest absolute Gasteiger partial charge is 0.0414 e. The van der Waals surface area contributed by atoms with Crippen molar-refractivity contribution < 1.29 is 0 Å². The van der Waals surface area contributed by atoms with Gasteiger partial charge in [-0.05, 0) is 25.2 Å². The monoisotopic (exact) mass is 142 g/mol. The van der Waals surface area contributed by atoms with Crippen molar-refractivity contribution in [2.45, 2.75) is 41.0 Å². The van der Waals surface area contributed by atoms with Crippen LogP contribution in [0.5, 0.6) is 0 Å². The van der Waals surface area contributed by atoms with E-state index in [1.807, 2.05) is 20.8 Å². The van der Waals surface area contributed by atoms with Crippen molar-refractivity contribution in [2.75, 3.05) is 0 Å². The fourth-order valence-corrected chi connectivity index (χ4v) is 0.508. The van der Waals surface area contributed by atoms with Crippen molar-refractivity contribution >= 4 is 0 Å². The summed E-state index contributed by atoms with van der Waals surface area (Å²) in [7, 11) is 0. The van der Waals surface area contributed by atoms with E-state index in [1.165, 1.54) is 6.42 Å². The van der Waals surface area contributed by atoms with Gasteiger partial charge in [-0.25, -0.2) is 0 Å². The highest BCUT2D eigenvalue weighted by atomic mass is 14.3. The zero-order chi connectivity index (χ0) is 8.57. The topological polar surface area (TPSA) is 0 Å². The fourth-order valence-electron chi connectivity index (χ4n) is 0.508. The maximum atomic E-state index is 3.36. The lowest BCUT2D eigenvalue weighted by Gasteiger charge is -1.66. The summed E-state index contributed by atoms with van der Waals surface area (Å²) in [5.41, 5.74) is 0. The number of hydrogen-bond acceptors (Lipinski definition) is 0. The van der Waals surface area contributed by atoms with E-state index in [-0.39, 0.29) is 0 Å². The van der Waals surface area contributed by atoms with Crippen LogP contribution in [0.25, 0.3) is 0 Å². The molecular weight excluding hydrogens is 120 g/mol. The second kappa shape index (κ2) is 8.74. The van der Waals surface area contributed by atoms with Gasteiger partial charge in [0.15, 0.2) is 0 Å². The zero-order valence-electron chi connectivity index (χ0n) is 8.15. The first-order valence-corrected chi connectivity index (χ1v) is 4.29. The highest BCUT2D eigenvalue weighted by Gasteiger charge is 2.26. The Labute approximate surface area is 66.3 Å². The predicted molar refractivity (Wildman–Crippen MR) is 50.2 cm³/mol. The van der Waals surface area contributed by atoms with Gasteiger partial charge in [-0.3, -0.25) is 0 Å². The van der Waals surface area contributed by atoms with Gasteiger partial charge in [0.05, 0.1) is 0 Å². The molecule has 1 aliphatic carbocycles. The molecule has 1 saturated carbocycles. The van der Waals surface area contributed by atoms with Gasteiger partial charge in [-0.2, -0.15) is 0 Å². The van der Waals surface area contributed by atoms with Crippen LogP contribution in [-0.2, 0) is 0 Å². The van der Waals surface area contributed by atoms with Crippen molar-refractivity contribution in [1.82, 2.24) is 0 Å². The maximum absolute atomic E-state index is 3.36. The lowest BCUT2D eigenvalue weighted by atomic mass is 10.4. The van der Waals surface area contributed by atoms with Crippen molar-refractivity contribution in [2.24, 2.45) is 11.8 Å². The molecule has 0 amide bonds. The van der Waals surface area contributed by atoms with E-state index in [0.29, 0.717) is 0 Å². The van der Waals surface area contributed by atoms with Crippen LogP contribution in [-0.4, -0.2) is 0 Å². The molecule has 10 heavy (non-hydrogen) atoms. The number of allylic oxidation sites excluding steroid dienone is 1. The Balaban J connectivity index is 0. The molecule has 1 rings (SSSR count). The van der Waals surface area contributed by atoms with Crippen molar-refractivity contribution in [1.29, 1.82) is 0 Å². The molecule has 62 valence electrons. The van der Waals surface area contributed by atoms with E-state index in [4.69, 9.17) is 0 Å². The SMILES string of the molecule is C=CC.CC.CC1CC1C. The standard InChI is InChI=1S/C5H10.C3H6.C2H6/c1-4-3-5(4)2;1-3-2;1-2/h4-5H,3H2,1-2H3;3H,1H2,2H3;1-2H3. The van der Waals surface area contributed by atoms with Crippen LogP contribution in [0, 0.1) is 11.8 Å². The maximum Gasteiger partial charge on any atom is -0.0414 e. The highest BCUT2D eigenvalue weighted by Crippen LogP contribution is 2.36. The van der Waals surface area contributed by atoms with Crippen LogP contribution in [0.15, 0.2) is 12.7 Å². The first-order chi connectivity index (χ1) is 4.72. The minimum absolute atomic E-state index is 1.05. The number of rotatable bonds is 0. The molecule has 0 saturated heterocycles. The zero-order valence-corrected chi connectivity index (χ0v) is 8.15. The van der Waals surface area contributed by atoms with Crippen molar-refractivity contribution in [3.63, 3.8) is 0 Å². The van der Waals surface area contributed by atoms with Gasteiger partial charge in [0.1, 0.15) is 0 Å². The lowest BCUT2D eigenvalue weighted by Crippen LogP contribution is -1.58. The van der Waals surface area contributed by atoms with E-state index >= 15 is 0 Å². The summed E-state index contributed by atoms with van der Waals surface area (Å²) in [6, 6.07) is 0. The Kier molecular flexibility index (Phi) is 10.9. The van der Waals surface area contributed by atoms with Gasteiger partial charge in [-0.15, -0.1) is 6.58 Å². The van der Waals surface area contributed by atoms with Crippen LogP contribution >= 0.6 is 0 Å². The van der Waals surface area contributed by atoms with Gasteiger partial charge in [0.2, 0.25) is 0 Å². The molecule has 0 heterocycles. The normalized spacial score (nSPS) is 26.5. The van der Waals surface area contributed by atoms with E-state index < -0.39 is 0 Å². The first-order valence-electron chi connectivity index (χ1n) is 4.29. The van der Waals surface area contributed by atoms with E-state index in [9.17, 15) is 0 Å². The molecule has 0 heteroatoms. The number of hydrogen-bond donors (Lipinski definition) is 0. The first kappa shape index (κ1) is 12.4.